The topological polar surface area (TPSA) is 45.4 Å². The Balaban J connectivity index is 2.81. The maximum absolute atomic E-state index is 10.2. The Morgan fingerprint density at radius 2 is 1.82 bits per heavy atom. The van der Waals surface area contributed by atoms with Gasteiger partial charge in [-0.1, -0.05) is 0 Å². The Morgan fingerprint density at radius 3 is 2.35 bits per heavy atom. The lowest BCUT2D eigenvalue weighted by Gasteiger charge is -2.23. The number of hydrogen-bond acceptors (Lipinski definition) is 2. The van der Waals surface area contributed by atoms with E-state index in [2.05, 4.69) is 18.4 Å². The highest BCUT2D eigenvalue weighted by Gasteiger charge is 2.23. The summed E-state index contributed by atoms with van der Waals surface area (Å²) in [6, 6.07) is 7.50. The Labute approximate surface area is 101 Å². The van der Waals surface area contributed by atoms with Crippen molar-refractivity contribution in [2.45, 2.75) is 39.3 Å². The van der Waals surface area contributed by atoms with Crippen LogP contribution < -0.4 is 0 Å². The third-order valence-corrected chi connectivity index (χ3v) is 2.97. The molecule has 0 saturated heterocycles. The molecule has 0 radical (unpaired) electrons. The summed E-state index contributed by atoms with van der Waals surface area (Å²) in [5, 5.41) is 20.8. The number of benzene rings is 1. The van der Waals surface area contributed by atoms with Gasteiger partial charge in [-0.15, -0.1) is 0 Å². The fraction of sp³-hybridized carbons (Fsp3) is 0.429. The molecule has 3 nitrogen and oxygen atoms in total. The summed E-state index contributed by atoms with van der Waals surface area (Å²) in [5.41, 5.74) is 0.934. The number of aliphatic hydroxyl groups is 1. The van der Waals surface area contributed by atoms with Gasteiger partial charge in [0.1, 0.15) is 5.75 Å². The zero-order valence-corrected chi connectivity index (χ0v) is 10.7. The first-order chi connectivity index (χ1) is 7.80. The lowest BCUT2D eigenvalue weighted by atomic mass is 10.1. The standard InChI is InChI=1S/C14H19NO2/c1-9(2)15-12-8-11(16)6-5-10(12)7-13(15)14(3,4)17/h5-9,16-17H,1-4H3. The largest absolute Gasteiger partial charge is 0.508 e. The monoisotopic (exact) mass is 233 g/mol. The second-order valence-corrected chi connectivity index (χ2v) is 5.30. The molecule has 0 aliphatic rings. The van der Waals surface area contributed by atoms with Crippen molar-refractivity contribution in [2.75, 3.05) is 0 Å². The number of nitrogens with zero attached hydrogens (tertiary/aromatic N) is 1. The number of hydrogen-bond donors (Lipinski definition) is 2. The van der Waals surface area contributed by atoms with Crippen molar-refractivity contribution in [3.63, 3.8) is 0 Å². The van der Waals surface area contributed by atoms with E-state index in [0.717, 1.165) is 16.6 Å². The molecule has 1 aromatic carbocycles. The zero-order chi connectivity index (χ0) is 12.8. The van der Waals surface area contributed by atoms with Gasteiger partial charge in [-0.2, -0.15) is 0 Å². The van der Waals surface area contributed by atoms with Gasteiger partial charge in [-0.05, 0) is 45.9 Å². The van der Waals surface area contributed by atoms with Crippen LogP contribution in [0, 0.1) is 0 Å². The SMILES string of the molecule is CC(C)n1c(C(C)(C)O)cc2ccc(O)cc21. The van der Waals surface area contributed by atoms with Crippen molar-refractivity contribution < 1.29 is 10.2 Å². The van der Waals surface area contributed by atoms with Crippen molar-refractivity contribution >= 4 is 10.9 Å². The van der Waals surface area contributed by atoms with Crippen LogP contribution in [-0.4, -0.2) is 14.8 Å². The normalized spacial score (nSPS) is 12.6. The molecule has 1 aromatic heterocycles. The molecule has 0 fully saturated rings. The van der Waals surface area contributed by atoms with E-state index in [9.17, 15) is 10.2 Å². The van der Waals surface area contributed by atoms with Gasteiger partial charge >= 0.3 is 0 Å². The lowest BCUT2D eigenvalue weighted by Crippen LogP contribution is -2.21. The molecule has 0 unspecified atom stereocenters. The van der Waals surface area contributed by atoms with E-state index >= 15 is 0 Å². The fourth-order valence-corrected chi connectivity index (χ4v) is 2.24. The number of fused-ring (bicyclic) bond motifs is 1. The van der Waals surface area contributed by atoms with Crippen LogP contribution in [0.25, 0.3) is 10.9 Å². The number of phenols is 1. The van der Waals surface area contributed by atoms with Gasteiger partial charge in [0.15, 0.2) is 0 Å². The third kappa shape index (κ3) is 2.03. The molecule has 92 valence electrons. The molecule has 17 heavy (non-hydrogen) atoms. The van der Waals surface area contributed by atoms with Crippen LogP contribution in [0.3, 0.4) is 0 Å². The van der Waals surface area contributed by atoms with Crippen LogP contribution in [0.4, 0.5) is 0 Å². The summed E-state index contributed by atoms with van der Waals surface area (Å²) >= 11 is 0. The molecule has 0 saturated carbocycles. The van der Waals surface area contributed by atoms with Crippen molar-refractivity contribution in [1.29, 1.82) is 0 Å². The van der Waals surface area contributed by atoms with E-state index in [-0.39, 0.29) is 11.8 Å². The predicted molar refractivity (Wildman–Crippen MR) is 69.2 cm³/mol. The first-order valence-corrected chi connectivity index (χ1v) is 5.87. The van der Waals surface area contributed by atoms with E-state index in [4.69, 9.17) is 0 Å². The molecule has 0 spiro atoms. The van der Waals surface area contributed by atoms with E-state index in [1.807, 2.05) is 12.1 Å². The van der Waals surface area contributed by atoms with Gasteiger partial charge in [0.25, 0.3) is 0 Å². The molecular formula is C14H19NO2. The molecule has 0 atom stereocenters. The van der Waals surface area contributed by atoms with Gasteiger partial charge < -0.3 is 14.8 Å². The van der Waals surface area contributed by atoms with Crippen molar-refractivity contribution in [3.05, 3.63) is 30.0 Å². The lowest BCUT2D eigenvalue weighted by molar-refractivity contribution is 0.0691. The Morgan fingerprint density at radius 1 is 1.18 bits per heavy atom. The van der Waals surface area contributed by atoms with Crippen molar-refractivity contribution in [1.82, 2.24) is 4.57 Å². The molecule has 0 aliphatic heterocycles. The molecular weight excluding hydrogens is 214 g/mol. The first-order valence-electron chi connectivity index (χ1n) is 5.87. The van der Waals surface area contributed by atoms with Crippen LogP contribution >= 0.6 is 0 Å². The fourth-order valence-electron chi connectivity index (χ4n) is 2.24. The minimum Gasteiger partial charge on any atom is -0.508 e. The van der Waals surface area contributed by atoms with Gasteiger partial charge in [0.2, 0.25) is 0 Å². The minimum absolute atomic E-state index is 0.232. The van der Waals surface area contributed by atoms with E-state index in [1.165, 1.54) is 0 Å². The van der Waals surface area contributed by atoms with Gasteiger partial charge in [0, 0.05) is 17.5 Å². The summed E-state index contributed by atoms with van der Waals surface area (Å²) < 4.78 is 2.06. The third-order valence-electron chi connectivity index (χ3n) is 2.97. The number of rotatable bonds is 2. The highest BCUT2D eigenvalue weighted by Crippen LogP contribution is 2.32. The molecule has 1 heterocycles. The van der Waals surface area contributed by atoms with Crippen LogP contribution in [0.1, 0.15) is 39.4 Å². The molecule has 2 aromatic rings. The Bertz CT molecular complexity index is 547. The van der Waals surface area contributed by atoms with Gasteiger partial charge in [-0.3, -0.25) is 0 Å². The average molecular weight is 233 g/mol. The highest BCUT2D eigenvalue weighted by atomic mass is 16.3. The Kier molecular flexibility index (Phi) is 2.66. The van der Waals surface area contributed by atoms with Crippen molar-refractivity contribution in [3.8, 4) is 5.75 Å². The maximum Gasteiger partial charge on any atom is 0.117 e. The van der Waals surface area contributed by atoms with Crippen LogP contribution in [0.2, 0.25) is 0 Å². The predicted octanol–water partition coefficient (Wildman–Crippen LogP) is 3.16. The number of aromatic hydroxyl groups is 1. The van der Waals surface area contributed by atoms with Crippen molar-refractivity contribution in [2.24, 2.45) is 0 Å². The summed E-state index contributed by atoms with van der Waals surface area (Å²) in [5.74, 6) is 0.250. The molecule has 0 aliphatic carbocycles. The van der Waals surface area contributed by atoms with Crippen LogP contribution in [-0.2, 0) is 5.60 Å². The molecule has 2 rings (SSSR count). The summed E-state index contributed by atoms with van der Waals surface area (Å²) in [7, 11) is 0. The highest BCUT2D eigenvalue weighted by molar-refractivity contribution is 5.83. The maximum atomic E-state index is 10.2. The molecule has 0 bridgehead atoms. The molecule has 0 amide bonds. The summed E-state index contributed by atoms with van der Waals surface area (Å²) in [6.07, 6.45) is 0. The van der Waals surface area contributed by atoms with E-state index in [1.54, 1.807) is 26.0 Å². The van der Waals surface area contributed by atoms with Crippen LogP contribution in [0.15, 0.2) is 24.3 Å². The van der Waals surface area contributed by atoms with Gasteiger partial charge in [0.05, 0.1) is 16.8 Å². The first kappa shape index (κ1) is 12.0. The summed E-state index contributed by atoms with van der Waals surface area (Å²) in [6.45, 7) is 7.69. The van der Waals surface area contributed by atoms with E-state index < -0.39 is 5.60 Å². The average Bonchev–Trinajstić information content (AvgIpc) is 2.55. The Hall–Kier alpha value is -1.48. The smallest absolute Gasteiger partial charge is 0.117 e. The molecule has 2 N–H and O–H groups in total. The van der Waals surface area contributed by atoms with Gasteiger partial charge in [-0.25, -0.2) is 0 Å². The van der Waals surface area contributed by atoms with E-state index in [0.29, 0.717) is 0 Å². The second kappa shape index (κ2) is 3.77. The minimum atomic E-state index is -0.890. The molecule has 3 heteroatoms. The summed E-state index contributed by atoms with van der Waals surface area (Å²) in [4.78, 5) is 0. The second-order valence-electron chi connectivity index (χ2n) is 5.30. The number of phenolic OH excluding ortho intramolecular Hbond substituents is 1. The quantitative estimate of drug-likeness (QED) is 0.837. The van der Waals surface area contributed by atoms with Crippen LogP contribution in [0.5, 0.6) is 5.75 Å². The zero-order valence-electron chi connectivity index (χ0n) is 10.7. The number of aromatic nitrogens is 1.